The smallest absolute Gasteiger partial charge is 0.0978 e. The van der Waals surface area contributed by atoms with E-state index in [0.29, 0.717) is 0 Å². The molecule has 0 saturated heterocycles. The predicted octanol–water partition coefficient (Wildman–Crippen LogP) is 26.7. The summed E-state index contributed by atoms with van der Waals surface area (Å²) in [7, 11) is 0. The Morgan fingerprint density at radius 3 is 0.905 bits per heavy atom. The number of hydrogen-bond donors (Lipinski definition) is 0. The molecule has 23 rings (SSSR count). The molecule has 0 amide bonds. The lowest BCUT2D eigenvalue weighted by Crippen LogP contribution is -1.97. The van der Waals surface area contributed by atoms with E-state index < -0.39 is 0 Å². The predicted molar refractivity (Wildman–Crippen MR) is 478 cm³/mol. The first-order valence-electron chi connectivity index (χ1n) is 38.9. The van der Waals surface area contributed by atoms with Gasteiger partial charge in [0.25, 0.3) is 0 Å². The van der Waals surface area contributed by atoms with E-state index in [1.807, 2.05) is 85.2 Å². The Morgan fingerprint density at radius 2 is 0.466 bits per heavy atom. The van der Waals surface area contributed by atoms with Crippen molar-refractivity contribution >= 4 is 119 Å². The summed E-state index contributed by atoms with van der Waals surface area (Å²) in [6, 6.07) is 127. The number of hydrogen-bond acceptors (Lipinski definition) is 10. The highest BCUT2D eigenvalue weighted by atomic mass is 14.8. The molecule has 0 aliphatic rings. The summed E-state index contributed by atoms with van der Waals surface area (Å²) in [6.07, 6.45) is 7.23. The van der Waals surface area contributed by atoms with Crippen LogP contribution in [0.5, 0.6) is 0 Å². The van der Waals surface area contributed by atoms with Crippen molar-refractivity contribution in [3.63, 3.8) is 0 Å². The Labute approximate surface area is 666 Å². The molecule has 0 radical (unpaired) electrons. The molecule has 116 heavy (non-hydrogen) atoms. The van der Waals surface area contributed by atoms with E-state index in [1.54, 1.807) is 12.4 Å². The molecule has 0 spiro atoms. The van der Waals surface area contributed by atoms with E-state index in [1.165, 1.54) is 49.0 Å². The molecular weight excluding hydrogens is 1410 g/mol. The van der Waals surface area contributed by atoms with Crippen molar-refractivity contribution in [3.05, 3.63) is 389 Å². The molecular formula is C106H64N10. The second-order valence-corrected chi connectivity index (χ2v) is 29.2. The first kappa shape index (κ1) is 67.1. The second-order valence-electron chi connectivity index (χ2n) is 29.2. The van der Waals surface area contributed by atoms with Gasteiger partial charge in [-0.2, -0.15) is 0 Å². The van der Waals surface area contributed by atoms with Gasteiger partial charge in [-0.05, 0) is 196 Å². The molecule has 13 aromatic carbocycles. The quantitative estimate of drug-likeness (QED) is 0.0964. The molecule has 0 fully saturated rings. The lowest BCUT2D eigenvalue weighted by atomic mass is 9.86. The number of benzene rings is 13. The van der Waals surface area contributed by atoms with Crippen molar-refractivity contribution in [2.45, 2.75) is 0 Å². The molecule has 0 bridgehead atoms. The van der Waals surface area contributed by atoms with Crippen LogP contribution in [-0.2, 0) is 0 Å². The summed E-state index contributed by atoms with van der Waals surface area (Å²) < 4.78 is 0. The van der Waals surface area contributed by atoms with E-state index in [2.05, 4.69) is 311 Å². The highest BCUT2D eigenvalue weighted by Gasteiger charge is 2.24. The van der Waals surface area contributed by atoms with Gasteiger partial charge < -0.3 is 0 Å². The zero-order chi connectivity index (χ0) is 76.6. The first-order chi connectivity index (χ1) is 57.5. The van der Waals surface area contributed by atoms with Gasteiger partial charge in [-0.3, -0.25) is 19.9 Å². The first-order valence-corrected chi connectivity index (χ1v) is 38.9. The van der Waals surface area contributed by atoms with Crippen LogP contribution in [0.15, 0.2) is 389 Å². The van der Waals surface area contributed by atoms with Gasteiger partial charge in [0.1, 0.15) is 0 Å². The van der Waals surface area contributed by atoms with Crippen molar-refractivity contribution in [2.75, 3.05) is 0 Å². The minimum Gasteiger partial charge on any atom is -0.255 e. The maximum Gasteiger partial charge on any atom is 0.0978 e. The van der Waals surface area contributed by atoms with Crippen molar-refractivity contribution < 1.29 is 0 Å². The average molecular weight is 1480 g/mol. The highest BCUT2D eigenvalue weighted by Crippen LogP contribution is 2.48. The lowest BCUT2D eigenvalue weighted by Gasteiger charge is -2.19. The SMILES string of the molecule is c1ccc(-c2c3ccccc3nc3c2ccc2ccc(-c4c5ccccc5c(-c5cc(-c6ccccn6)nc(-c6ccccn6)c5)c5ccccc45)nc23)cc1.c1ccc(-c2c3ccccc3nc3c2ccc2ccc(-c4ccc5c6ccc(-c7cc(-c8ccccn8)nc(-c8ccccn8)c7)cc6c6ccccc6c5c4)nc23)cc1. The van der Waals surface area contributed by atoms with Crippen molar-refractivity contribution in [1.29, 1.82) is 0 Å². The summed E-state index contributed by atoms with van der Waals surface area (Å²) in [6.45, 7) is 0. The topological polar surface area (TPSA) is 129 Å². The fourth-order valence-corrected chi connectivity index (χ4v) is 17.2. The van der Waals surface area contributed by atoms with Gasteiger partial charge in [-0.15, -0.1) is 0 Å². The van der Waals surface area contributed by atoms with Crippen LogP contribution < -0.4 is 0 Å². The van der Waals surface area contributed by atoms with Crippen LogP contribution in [0.1, 0.15) is 0 Å². The molecule has 0 atom stereocenters. The van der Waals surface area contributed by atoms with Crippen LogP contribution in [0.3, 0.4) is 0 Å². The molecule has 10 aromatic heterocycles. The fourth-order valence-electron chi connectivity index (χ4n) is 17.2. The summed E-state index contributed by atoms with van der Waals surface area (Å²) in [5, 5.41) is 18.2. The molecule has 23 aromatic rings. The summed E-state index contributed by atoms with van der Waals surface area (Å²) in [5.74, 6) is 0. The standard InChI is InChI=1S/C55H33N5.C51H31N5/c1-2-12-34(13-3-1)53-43-16-6-7-17-48(43)60-55-44(53)26-20-35-23-27-47(59-54(35)55)37-22-25-42-41-24-21-36(30-45(41)39-14-4-5-15-40(39)46(42)31-37)38-32-51(49-18-8-10-28-56-49)58-52(33-38)50-19-9-11-29-57-50;1-2-14-32(15-3-1)47-39-20-8-9-21-41(39)55-51-40(47)26-24-33-25-27-44(56-50(33)51)49-37-18-6-4-16-35(37)48(36-17-5-7-19-38(36)49)34-30-45(42-22-10-12-28-52-42)54-46(31-34)43-23-11-13-29-53-43/h1-33H;1-31H. The normalized spacial score (nSPS) is 11.6. The molecule has 10 heteroatoms. The maximum absolute atomic E-state index is 5.54. The highest BCUT2D eigenvalue weighted by molar-refractivity contribution is 6.27. The molecule has 10 nitrogen and oxygen atoms in total. The van der Waals surface area contributed by atoms with Gasteiger partial charge in [0, 0.05) is 79.4 Å². The van der Waals surface area contributed by atoms with E-state index in [-0.39, 0.29) is 0 Å². The zero-order valence-electron chi connectivity index (χ0n) is 62.4. The van der Waals surface area contributed by atoms with Gasteiger partial charge in [-0.25, -0.2) is 29.9 Å². The minimum absolute atomic E-state index is 0.791. The van der Waals surface area contributed by atoms with E-state index >= 15 is 0 Å². The molecule has 10 heterocycles. The van der Waals surface area contributed by atoms with Crippen molar-refractivity contribution in [2.24, 2.45) is 0 Å². The minimum atomic E-state index is 0.791. The van der Waals surface area contributed by atoms with Gasteiger partial charge in [-0.1, -0.05) is 255 Å². The Morgan fingerprint density at radius 1 is 0.138 bits per heavy atom. The summed E-state index contributed by atoms with van der Waals surface area (Å²) in [5.41, 5.74) is 24.9. The molecule has 0 saturated carbocycles. The number of nitrogens with zero attached hydrogens (tertiary/aromatic N) is 10. The van der Waals surface area contributed by atoms with Crippen LogP contribution in [0.25, 0.3) is 232 Å². The average Bonchev–Trinajstić information content (AvgIpc) is 0.733. The van der Waals surface area contributed by atoms with Crippen LogP contribution in [0.2, 0.25) is 0 Å². The van der Waals surface area contributed by atoms with E-state index in [9.17, 15) is 0 Å². The zero-order valence-corrected chi connectivity index (χ0v) is 62.4. The van der Waals surface area contributed by atoms with Crippen LogP contribution in [-0.4, -0.2) is 49.8 Å². The van der Waals surface area contributed by atoms with E-state index in [0.717, 1.165) is 183 Å². The second kappa shape index (κ2) is 28.2. The Balaban J connectivity index is 0.000000141. The molecule has 538 valence electrons. The van der Waals surface area contributed by atoms with Gasteiger partial charge in [0.05, 0.1) is 90.0 Å². The lowest BCUT2D eigenvalue weighted by molar-refractivity contribution is 1.22. The molecule has 0 N–H and O–H groups in total. The molecule has 0 aliphatic carbocycles. The molecule has 0 unspecified atom stereocenters. The Bertz CT molecular complexity index is 7680. The van der Waals surface area contributed by atoms with Crippen molar-refractivity contribution in [3.8, 4) is 113 Å². The van der Waals surface area contributed by atoms with Crippen molar-refractivity contribution in [1.82, 2.24) is 49.8 Å². The summed E-state index contributed by atoms with van der Waals surface area (Å²) >= 11 is 0. The van der Waals surface area contributed by atoms with Crippen LogP contribution in [0, 0.1) is 0 Å². The Hall–Kier alpha value is -15.8. The summed E-state index contributed by atoms with van der Waals surface area (Å²) in [4.78, 5) is 50.2. The Kier molecular flexibility index (Phi) is 16.3. The third-order valence-corrected chi connectivity index (χ3v) is 22.4. The van der Waals surface area contributed by atoms with Gasteiger partial charge >= 0.3 is 0 Å². The monoisotopic (exact) mass is 1480 g/mol. The number of pyridine rings is 10. The number of fused-ring (bicyclic) bond motifs is 16. The third kappa shape index (κ3) is 11.7. The van der Waals surface area contributed by atoms with Gasteiger partial charge in [0.15, 0.2) is 0 Å². The number of rotatable bonds is 10. The molecule has 0 aliphatic heterocycles. The van der Waals surface area contributed by atoms with E-state index in [4.69, 9.17) is 29.9 Å². The fraction of sp³-hybridized carbons (Fsp3) is 0. The number of aromatic nitrogens is 10. The largest absolute Gasteiger partial charge is 0.255 e. The van der Waals surface area contributed by atoms with Crippen LogP contribution in [0.4, 0.5) is 0 Å². The van der Waals surface area contributed by atoms with Gasteiger partial charge in [0.2, 0.25) is 0 Å². The maximum atomic E-state index is 5.54. The van der Waals surface area contributed by atoms with Crippen LogP contribution >= 0.6 is 0 Å². The number of para-hydroxylation sites is 2. The third-order valence-electron chi connectivity index (χ3n) is 22.4.